The molecule has 0 radical (unpaired) electrons. The fourth-order valence-corrected chi connectivity index (χ4v) is 1.69. The van der Waals surface area contributed by atoms with E-state index in [0.29, 0.717) is 12.1 Å². The summed E-state index contributed by atoms with van der Waals surface area (Å²) < 4.78 is 0. The molecular formula is C13H11N3O. The number of nitriles is 1. The van der Waals surface area contributed by atoms with Gasteiger partial charge in [-0.3, -0.25) is 4.99 Å². The predicted octanol–water partition coefficient (Wildman–Crippen LogP) is 2.37. The maximum absolute atomic E-state index is 9.82. The van der Waals surface area contributed by atoms with Crippen LogP contribution in [0.5, 0.6) is 5.88 Å². The van der Waals surface area contributed by atoms with Crippen molar-refractivity contribution >= 4 is 16.6 Å². The van der Waals surface area contributed by atoms with E-state index in [9.17, 15) is 5.11 Å². The number of hydrogen-bond donors (Lipinski definition) is 2. The van der Waals surface area contributed by atoms with Crippen molar-refractivity contribution in [1.82, 2.24) is 4.98 Å². The lowest BCUT2D eigenvalue weighted by molar-refractivity contribution is 0.457. The summed E-state index contributed by atoms with van der Waals surface area (Å²) in [4.78, 5) is 6.89. The van der Waals surface area contributed by atoms with E-state index in [2.05, 4.69) is 16.6 Å². The second-order valence-electron chi connectivity index (χ2n) is 3.48. The lowest BCUT2D eigenvalue weighted by Gasteiger charge is -1.96. The Balaban J connectivity index is 2.65. The Labute approximate surface area is 98.5 Å². The van der Waals surface area contributed by atoms with Crippen LogP contribution in [0.2, 0.25) is 0 Å². The van der Waals surface area contributed by atoms with E-state index in [1.807, 2.05) is 30.3 Å². The summed E-state index contributed by atoms with van der Waals surface area (Å²) >= 11 is 0. The first kappa shape index (κ1) is 11.0. The molecular weight excluding hydrogens is 214 g/mol. The van der Waals surface area contributed by atoms with E-state index in [1.54, 1.807) is 6.08 Å². The van der Waals surface area contributed by atoms with Crippen LogP contribution in [0.25, 0.3) is 10.9 Å². The number of nitrogens with zero attached hydrogens (tertiary/aromatic N) is 2. The van der Waals surface area contributed by atoms with Crippen molar-refractivity contribution in [3.63, 3.8) is 0 Å². The van der Waals surface area contributed by atoms with E-state index < -0.39 is 0 Å². The number of aromatic amines is 1. The standard InChI is InChI=1S/C13H11N3O/c1-2-7-15-11(8-14)12-9-5-3-4-6-10(9)16-13(12)17/h2-6,16-17H,1,7H2. The molecule has 17 heavy (non-hydrogen) atoms. The third kappa shape index (κ3) is 1.91. The van der Waals surface area contributed by atoms with Crippen LogP contribution in [0.3, 0.4) is 0 Å². The molecule has 4 heteroatoms. The topological polar surface area (TPSA) is 72.2 Å². The first-order valence-corrected chi connectivity index (χ1v) is 5.13. The van der Waals surface area contributed by atoms with Gasteiger partial charge in [0.1, 0.15) is 11.8 Å². The van der Waals surface area contributed by atoms with Gasteiger partial charge in [0, 0.05) is 10.9 Å². The highest BCUT2D eigenvalue weighted by Crippen LogP contribution is 2.27. The number of para-hydroxylation sites is 1. The fraction of sp³-hybridized carbons (Fsp3) is 0.0769. The van der Waals surface area contributed by atoms with Crippen molar-refractivity contribution in [2.75, 3.05) is 6.54 Å². The van der Waals surface area contributed by atoms with Gasteiger partial charge < -0.3 is 10.1 Å². The second-order valence-corrected chi connectivity index (χ2v) is 3.48. The van der Waals surface area contributed by atoms with Crippen molar-refractivity contribution in [2.45, 2.75) is 0 Å². The summed E-state index contributed by atoms with van der Waals surface area (Å²) in [6, 6.07) is 9.37. The summed E-state index contributed by atoms with van der Waals surface area (Å²) in [5.41, 5.74) is 1.44. The molecule has 4 nitrogen and oxygen atoms in total. The summed E-state index contributed by atoms with van der Waals surface area (Å²) in [5.74, 6) is -0.0319. The number of aliphatic imine (C=N–C) groups is 1. The van der Waals surface area contributed by atoms with Crippen LogP contribution in [0, 0.1) is 11.3 Å². The minimum atomic E-state index is -0.0319. The molecule has 0 bridgehead atoms. The summed E-state index contributed by atoms with van der Waals surface area (Å²) in [6.07, 6.45) is 1.60. The number of aromatic hydroxyl groups is 1. The third-order valence-corrected chi connectivity index (χ3v) is 2.41. The lowest BCUT2D eigenvalue weighted by atomic mass is 10.1. The summed E-state index contributed by atoms with van der Waals surface area (Å²) in [6.45, 7) is 3.90. The molecule has 2 aromatic rings. The van der Waals surface area contributed by atoms with Gasteiger partial charge in [0.05, 0.1) is 12.1 Å². The van der Waals surface area contributed by atoms with Crippen molar-refractivity contribution in [3.05, 3.63) is 42.5 Å². The zero-order valence-corrected chi connectivity index (χ0v) is 9.14. The molecule has 2 N–H and O–H groups in total. The molecule has 0 unspecified atom stereocenters. The molecule has 1 aromatic heterocycles. The molecule has 0 atom stereocenters. The Hall–Kier alpha value is -2.54. The maximum Gasteiger partial charge on any atom is 0.199 e. The van der Waals surface area contributed by atoms with Crippen molar-refractivity contribution < 1.29 is 5.11 Å². The number of rotatable bonds is 3. The summed E-state index contributed by atoms with van der Waals surface area (Å²) in [5, 5.41) is 19.7. The van der Waals surface area contributed by atoms with Crippen molar-refractivity contribution in [1.29, 1.82) is 5.26 Å². The largest absolute Gasteiger partial charge is 0.494 e. The van der Waals surface area contributed by atoms with Gasteiger partial charge >= 0.3 is 0 Å². The Morgan fingerprint density at radius 3 is 3.00 bits per heavy atom. The van der Waals surface area contributed by atoms with Crippen LogP contribution in [-0.4, -0.2) is 22.3 Å². The molecule has 0 aliphatic heterocycles. The molecule has 1 aromatic carbocycles. The van der Waals surface area contributed by atoms with Crippen LogP contribution in [-0.2, 0) is 0 Å². The SMILES string of the molecule is C=CCN=C(C#N)c1c(O)[nH]c2ccccc12. The molecule has 0 aliphatic rings. The maximum atomic E-state index is 9.82. The number of benzene rings is 1. The average Bonchev–Trinajstić information content (AvgIpc) is 2.67. The van der Waals surface area contributed by atoms with E-state index in [0.717, 1.165) is 10.9 Å². The second kappa shape index (κ2) is 4.54. The zero-order valence-electron chi connectivity index (χ0n) is 9.14. The average molecular weight is 225 g/mol. The highest BCUT2D eigenvalue weighted by Gasteiger charge is 2.15. The first-order chi connectivity index (χ1) is 8.27. The smallest absolute Gasteiger partial charge is 0.199 e. The van der Waals surface area contributed by atoms with Gasteiger partial charge in [-0.2, -0.15) is 5.26 Å². The van der Waals surface area contributed by atoms with E-state index in [-0.39, 0.29) is 11.6 Å². The number of aromatic nitrogens is 1. The molecule has 0 saturated carbocycles. The van der Waals surface area contributed by atoms with Crippen LogP contribution in [0.4, 0.5) is 0 Å². The zero-order chi connectivity index (χ0) is 12.3. The van der Waals surface area contributed by atoms with Crippen molar-refractivity contribution in [2.24, 2.45) is 4.99 Å². The molecule has 84 valence electrons. The fourth-order valence-electron chi connectivity index (χ4n) is 1.69. The van der Waals surface area contributed by atoms with Gasteiger partial charge in [-0.25, -0.2) is 0 Å². The molecule has 2 rings (SSSR count). The number of hydrogen-bond acceptors (Lipinski definition) is 3. The lowest BCUT2D eigenvalue weighted by Crippen LogP contribution is -1.97. The van der Waals surface area contributed by atoms with Gasteiger partial charge in [-0.15, -0.1) is 6.58 Å². The molecule has 0 aliphatic carbocycles. The Bertz CT molecular complexity index is 632. The molecule has 1 heterocycles. The minimum absolute atomic E-state index is 0.0319. The van der Waals surface area contributed by atoms with E-state index >= 15 is 0 Å². The van der Waals surface area contributed by atoms with Crippen LogP contribution < -0.4 is 0 Å². The summed E-state index contributed by atoms with van der Waals surface area (Å²) in [7, 11) is 0. The van der Waals surface area contributed by atoms with Gasteiger partial charge in [0.25, 0.3) is 0 Å². The quantitative estimate of drug-likeness (QED) is 0.621. The molecule has 0 fully saturated rings. The van der Waals surface area contributed by atoms with E-state index in [4.69, 9.17) is 5.26 Å². The molecule has 0 saturated heterocycles. The van der Waals surface area contributed by atoms with Gasteiger partial charge in [0.2, 0.25) is 0 Å². The third-order valence-electron chi connectivity index (χ3n) is 2.41. The monoisotopic (exact) mass is 225 g/mol. The van der Waals surface area contributed by atoms with Gasteiger partial charge in [-0.05, 0) is 6.07 Å². The normalized spacial score (nSPS) is 11.4. The Morgan fingerprint density at radius 1 is 1.53 bits per heavy atom. The van der Waals surface area contributed by atoms with Gasteiger partial charge in [0.15, 0.2) is 5.88 Å². The highest BCUT2D eigenvalue weighted by atomic mass is 16.3. The van der Waals surface area contributed by atoms with Crippen LogP contribution >= 0.6 is 0 Å². The Morgan fingerprint density at radius 2 is 2.29 bits per heavy atom. The predicted molar refractivity (Wildman–Crippen MR) is 67.2 cm³/mol. The van der Waals surface area contributed by atoms with Gasteiger partial charge in [-0.1, -0.05) is 24.3 Å². The van der Waals surface area contributed by atoms with Crippen LogP contribution in [0.1, 0.15) is 5.56 Å². The van der Waals surface area contributed by atoms with Crippen LogP contribution in [0.15, 0.2) is 41.9 Å². The number of fused-ring (bicyclic) bond motifs is 1. The minimum Gasteiger partial charge on any atom is -0.494 e. The van der Waals surface area contributed by atoms with E-state index in [1.165, 1.54) is 0 Å². The number of H-pyrrole nitrogens is 1. The first-order valence-electron chi connectivity index (χ1n) is 5.13. The Kier molecular flexibility index (Phi) is 2.93. The highest BCUT2D eigenvalue weighted by molar-refractivity contribution is 6.20. The number of nitrogens with one attached hydrogen (secondary N) is 1. The molecule has 0 amide bonds. The van der Waals surface area contributed by atoms with Crippen molar-refractivity contribution in [3.8, 4) is 11.9 Å². The molecule has 0 spiro atoms.